The Hall–Kier alpha value is -2.67. The molecule has 0 bridgehead atoms. The number of thiophene rings is 1. The minimum Gasteiger partial charge on any atom is -0.478 e. The second-order valence-electron chi connectivity index (χ2n) is 6.47. The number of amides is 2. The first-order chi connectivity index (χ1) is 12.4. The van der Waals surface area contributed by atoms with Gasteiger partial charge in [-0.3, -0.25) is 9.59 Å². The Morgan fingerprint density at radius 3 is 2.54 bits per heavy atom. The molecule has 2 heterocycles. The average Bonchev–Trinajstić information content (AvgIpc) is 3.23. The van der Waals surface area contributed by atoms with Crippen molar-refractivity contribution in [2.45, 2.75) is 19.0 Å². The molecule has 3 rings (SSSR count). The van der Waals surface area contributed by atoms with Crippen LogP contribution in [0.3, 0.4) is 0 Å². The lowest BCUT2D eigenvalue weighted by atomic mass is 9.97. The first kappa shape index (κ1) is 18.1. The van der Waals surface area contributed by atoms with Crippen LogP contribution in [-0.4, -0.2) is 46.8 Å². The molecule has 6 nitrogen and oxygen atoms in total. The van der Waals surface area contributed by atoms with Gasteiger partial charge in [-0.15, -0.1) is 11.3 Å². The van der Waals surface area contributed by atoms with Crippen LogP contribution in [0.15, 0.2) is 41.8 Å². The number of carbonyl (C=O) groups excluding carboxylic acids is 2. The van der Waals surface area contributed by atoms with Gasteiger partial charge in [0.25, 0.3) is 0 Å². The van der Waals surface area contributed by atoms with Crippen molar-refractivity contribution >= 4 is 29.1 Å². The fourth-order valence-corrected chi connectivity index (χ4v) is 4.26. The molecular formula is C19H20N2O4S. The van der Waals surface area contributed by atoms with E-state index in [4.69, 9.17) is 5.11 Å². The second kappa shape index (κ2) is 7.29. The Bertz CT molecular complexity index is 817. The maximum Gasteiger partial charge on any atom is 0.335 e. The lowest BCUT2D eigenvalue weighted by Crippen LogP contribution is -2.35. The molecule has 136 valence electrons. The Labute approximate surface area is 155 Å². The number of benzene rings is 1. The van der Waals surface area contributed by atoms with Crippen LogP contribution >= 0.6 is 11.3 Å². The summed E-state index contributed by atoms with van der Waals surface area (Å²) in [5.74, 6) is -1.49. The molecule has 2 amide bonds. The SMILES string of the molecule is CN(Cc1ccc(C(=O)O)cc1)C(=O)C1CC(=O)N(C)C1c1cccs1. The smallest absolute Gasteiger partial charge is 0.335 e. The van der Waals surface area contributed by atoms with Gasteiger partial charge in [0.1, 0.15) is 0 Å². The van der Waals surface area contributed by atoms with E-state index in [1.807, 2.05) is 17.5 Å². The molecule has 7 heteroatoms. The molecule has 2 aromatic rings. The zero-order chi connectivity index (χ0) is 18.8. The number of rotatable bonds is 5. The van der Waals surface area contributed by atoms with Gasteiger partial charge in [-0.05, 0) is 29.1 Å². The number of nitrogens with zero attached hydrogens (tertiary/aromatic N) is 2. The quantitative estimate of drug-likeness (QED) is 0.875. The highest BCUT2D eigenvalue weighted by molar-refractivity contribution is 7.10. The lowest BCUT2D eigenvalue weighted by Gasteiger charge is -2.27. The third-order valence-corrected chi connectivity index (χ3v) is 5.68. The van der Waals surface area contributed by atoms with Gasteiger partial charge >= 0.3 is 5.97 Å². The van der Waals surface area contributed by atoms with Crippen molar-refractivity contribution in [3.63, 3.8) is 0 Å². The molecule has 0 aliphatic carbocycles. The molecule has 0 radical (unpaired) electrons. The summed E-state index contributed by atoms with van der Waals surface area (Å²) in [5, 5.41) is 10.9. The molecule has 0 saturated carbocycles. The van der Waals surface area contributed by atoms with E-state index in [2.05, 4.69) is 0 Å². The summed E-state index contributed by atoms with van der Waals surface area (Å²) in [4.78, 5) is 40.4. The van der Waals surface area contributed by atoms with E-state index in [0.29, 0.717) is 6.54 Å². The molecule has 1 aromatic heterocycles. The number of carbonyl (C=O) groups is 3. The fourth-order valence-electron chi connectivity index (χ4n) is 3.33. The van der Waals surface area contributed by atoms with Crippen LogP contribution < -0.4 is 0 Å². The first-order valence-corrected chi connectivity index (χ1v) is 9.12. The van der Waals surface area contributed by atoms with Gasteiger partial charge in [-0.25, -0.2) is 4.79 Å². The van der Waals surface area contributed by atoms with Gasteiger partial charge < -0.3 is 14.9 Å². The largest absolute Gasteiger partial charge is 0.478 e. The second-order valence-corrected chi connectivity index (χ2v) is 7.45. The van der Waals surface area contributed by atoms with Crippen LogP contribution in [0.1, 0.15) is 33.3 Å². The van der Waals surface area contributed by atoms with Gasteiger partial charge in [0.2, 0.25) is 11.8 Å². The summed E-state index contributed by atoms with van der Waals surface area (Å²) in [6.45, 7) is 0.365. The molecular weight excluding hydrogens is 352 g/mol. The summed E-state index contributed by atoms with van der Waals surface area (Å²) >= 11 is 1.55. The van der Waals surface area contributed by atoms with Crippen LogP contribution in [0.4, 0.5) is 0 Å². The maximum atomic E-state index is 13.0. The average molecular weight is 372 g/mol. The Morgan fingerprint density at radius 1 is 1.27 bits per heavy atom. The molecule has 1 fully saturated rings. The standard InChI is InChI=1S/C19H20N2O4S/c1-20(11-12-5-7-13(8-6-12)19(24)25)18(23)14-10-16(22)21(2)17(14)15-4-3-9-26-15/h3-9,14,17H,10-11H2,1-2H3,(H,24,25). The molecule has 0 spiro atoms. The Kier molecular flexibility index (Phi) is 5.08. The molecule has 1 aromatic carbocycles. The maximum absolute atomic E-state index is 13.0. The molecule has 26 heavy (non-hydrogen) atoms. The number of hydrogen-bond donors (Lipinski definition) is 1. The number of likely N-dealkylation sites (tertiary alicyclic amines) is 1. The molecule has 1 aliphatic heterocycles. The Morgan fingerprint density at radius 2 is 1.96 bits per heavy atom. The zero-order valence-electron chi connectivity index (χ0n) is 14.6. The van der Waals surface area contributed by atoms with Gasteiger partial charge in [0, 0.05) is 31.9 Å². The highest BCUT2D eigenvalue weighted by Gasteiger charge is 2.44. The van der Waals surface area contributed by atoms with Crippen molar-refractivity contribution in [1.29, 1.82) is 0 Å². The third-order valence-electron chi connectivity index (χ3n) is 4.74. The van der Waals surface area contributed by atoms with Crippen molar-refractivity contribution in [2.24, 2.45) is 5.92 Å². The van der Waals surface area contributed by atoms with Crippen LogP contribution in [-0.2, 0) is 16.1 Å². The van der Waals surface area contributed by atoms with Crippen LogP contribution in [0.2, 0.25) is 0 Å². The highest BCUT2D eigenvalue weighted by atomic mass is 32.1. The van der Waals surface area contributed by atoms with Gasteiger partial charge in [0.15, 0.2) is 0 Å². The van der Waals surface area contributed by atoms with E-state index in [9.17, 15) is 14.4 Å². The molecule has 1 saturated heterocycles. The molecule has 2 unspecified atom stereocenters. The molecule has 1 N–H and O–H groups in total. The topological polar surface area (TPSA) is 77.9 Å². The van der Waals surface area contributed by atoms with Gasteiger partial charge in [0.05, 0.1) is 17.5 Å². The van der Waals surface area contributed by atoms with Crippen LogP contribution in [0.25, 0.3) is 0 Å². The van der Waals surface area contributed by atoms with E-state index < -0.39 is 11.9 Å². The summed E-state index contributed by atoms with van der Waals surface area (Å²) in [7, 11) is 3.45. The van der Waals surface area contributed by atoms with E-state index in [-0.39, 0.29) is 29.8 Å². The summed E-state index contributed by atoms with van der Waals surface area (Å²) < 4.78 is 0. The normalized spacial score (nSPS) is 19.6. The van der Waals surface area contributed by atoms with E-state index in [0.717, 1.165) is 10.4 Å². The van der Waals surface area contributed by atoms with E-state index in [1.165, 1.54) is 12.1 Å². The summed E-state index contributed by atoms with van der Waals surface area (Å²) in [5.41, 5.74) is 1.06. The predicted octanol–water partition coefficient (Wildman–Crippen LogP) is 2.62. The van der Waals surface area contributed by atoms with Crippen molar-refractivity contribution in [3.8, 4) is 0 Å². The van der Waals surface area contributed by atoms with Crippen molar-refractivity contribution in [3.05, 3.63) is 57.8 Å². The number of aromatic carboxylic acids is 1. The molecule has 1 aliphatic rings. The predicted molar refractivity (Wildman–Crippen MR) is 97.8 cm³/mol. The summed E-state index contributed by atoms with van der Waals surface area (Å²) in [6.07, 6.45) is 0.209. The molecule has 2 atom stereocenters. The van der Waals surface area contributed by atoms with Crippen molar-refractivity contribution < 1.29 is 19.5 Å². The first-order valence-electron chi connectivity index (χ1n) is 8.24. The fraction of sp³-hybridized carbons (Fsp3) is 0.316. The highest BCUT2D eigenvalue weighted by Crippen LogP contribution is 2.39. The summed E-state index contributed by atoms with van der Waals surface area (Å²) in [6, 6.07) is 10.1. The van der Waals surface area contributed by atoms with Gasteiger partial charge in [-0.1, -0.05) is 18.2 Å². The van der Waals surface area contributed by atoms with Gasteiger partial charge in [-0.2, -0.15) is 0 Å². The number of carboxylic acid groups (broad SMARTS) is 1. The monoisotopic (exact) mass is 372 g/mol. The van der Waals surface area contributed by atoms with Crippen LogP contribution in [0, 0.1) is 5.92 Å². The van der Waals surface area contributed by atoms with Crippen LogP contribution in [0.5, 0.6) is 0 Å². The number of carboxylic acids is 1. The minimum absolute atomic E-state index is 0.0269. The third kappa shape index (κ3) is 3.48. The van der Waals surface area contributed by atoms with Crippen molar-refractivity contribution in [1.82, 2.24) is 9.80 Å². The number of hydrogen-bond acceptors (Lipinski definition) is 4. The van der Waals surface area contributed by atoms with E-state index >= 15 is 0 Å². The lowest BCUT2D eigenvalue weighted by molar-refractivity contribution is -0.135. The van der Waals surface area contributed by atoms with Crippen molar-refractivity contribution in [2.75, 3.05) is 14.1 Å². The minimum atomic E-state index is -0.979. The zero-order valence-corrected chi connectivity index (χ0v) is 15.4. The Balaban J connectivity index is 1.74. The van der Waals surface area contributed by atoms with E-state index in [1.54, 1.807) is 47.4 Å².